The summed E-state index contributed by atoms with van der Waals surface area (Å²) in [5.41, 5.74) is 2.45. The molecule has 0 atom stereocenters. The van der Waals surface area contributed by atoms with Gasteiger partial charge < -0.3 is 10.6 Å². The second-order valence-corrected chi connectivity index (χ2v) is 4.68. The molecule has 0 amide bonds. The quantitative estimate of drug-likeness (QED) is 0.350. The molecule has 0 radical (unpaired) electrons. The summed E-state index contributed by atoms with van der Waals surface area (Å²) in [7, 11) is 0. The molecule has 1 aliphatic heterocycles. The number of nitro groups is 1. The summed E-state index contributed by atoms with van der Waals surface area (Å²) < 4.78 is 0. The van der Waals surface area contributed by atoms with Crippen LogP contribution in [0.25, 0.3) is 5.32 Å². The maximum absolute atomic E-state index is 10.7. The number of anilines is 1. The zero-order chi connectivity index (χ0) is 15.4. The number of hydrogen-bond acceptors (Lipinski definition) is 3. The van der Waals surface area contributed by atoms with Gasteiger partial charge in [-0.15, -0.1) is 0 Å². The summed E-state index contributed by atoms with van der Waals surface area (Å²) in [5.74, 6) is 0.727. The SMILES string of the molecule is O=[N+]([O-])c1ccc2c(c1)NC(=C1C=CC=C1)[N-]2.[Fe+2].c1cc[cH-]c1. The molecular formula is C17H13FeN3O2. The summed E-state index contributed by atoms with van der Waals surface area (Å²) >= 11 is 0. The summed E-state index contributed by atoms with van der Waals surface area (Å²) in [5, 5.41) is 18.1. The predicted octanol–water partition coefficient (Wildman–Crippen LogP) is 4.77. The molecule has 0 aromatic heterocycles. The maximum atomic E-state index is 10.7. The van der Waals surface area contributed by atoms with Gasteiger partial charge in [0.25, 0.3) is 5.69 Å². The van der Waals surface area contributed by atoms with E-state index in [9.17, 15) is 10.1 Å². The fourth-order valence-electron chi connectivity index (χ4n) is 2.10. The second-order valence-electron chi connectivity index (χ2n) is 4.68. The van der Waals surface area contributed by atoms with Gasteiger partial charge in [0.1, 0.15) is 0 Å². The van der Waals surface area contributed by atoms with E-state index in [0.717, 1.165) is 17.1 Å². The zero-order valence-electron chi connectivity index (χ0n) is 12.0. The van der Waals surface area contributed by atoms with Crippen molar-refractivity contribution in [3.63, 3.8) is 0 Å². The Morgan fingerprint density at radius 2 is 1.83 bits per heavy atom. The van der Waals surface area contributed by atoms with E-state index in [1.54, 1.807) is 6.07 Å². The van der Waals surface area contributed by atoms with Crippen LogP contribution >= 0.6 is 0 Å². The Hall–Kier alpha value is -2.69. The molecule has 0 spiro atoms. The third-order valence-electron chi connectivity index (χ3n) is 3.17. The summed E-state index contributed by atoms with van der Waals surface area (Å²) in [6, 6.07) is 14.6. The van der Waals surface area contributed by atoms with Gasteiger partial charge in [-0.1, -0.05) is 36.2 Å². The first-order valence-electron chi connectivity index (χ1n) is 6.77. The molecule has 0 fully saturated rings. The summed E-state index contributed by atoms with van der Waals surface area (Å²) in [4.78, 5) is 10.2. The number of rotatable bonds is 1. The van der Waals surface area contributed by atoms with Crippen LogP contribution in [0.5, 0.6) is 0 Å². The number of benzene rings is 1. The molecule has 23 heavy (non-hydrogen) atoms. The molecule has 1 heterocycles. The Morgan fingerprint density at radius 3 is 2.39 bits per heavy atom. The van der Waals surface area contributed by atoms with Crippen molar-refractivity contribution in [1.29, 1.82) is 0 Å². The number of hydrogen-bond donors (Lipinski definition) is 1. The molecule has 0 saturated heterocycles. The van der Waals surface area contributed by atoms with Crippen LogP contribution in [0.1, 0.15) is 0 Å². The smallest absolute Gasteiger partial charge is 0.456 e. The Bertz CT molecular complexity index is 746. The first-order chi connectivity index (χ1) is 10.7. The van der Waals surface area contributed by atoms with Gasteiger partial charge in [0, 0.05) is 12.1 Å². The zero-order valence-corrected chi connectivity index (χ0v) is 13.1. The minimum Gasteiger partial charge on any atom is -0.456 e. The molecule has 0 bridgehead atoms. The molecule has 2 aromatic rings. The topological polar surface area (TPSA) is 69.3 Å². The van der Waals surface area contributed by atoms with Crippen molar-refractivity contribution in [2.45, 2.75) is 0 Å². The Kier molecular flexibility index (Phi) is 5.46. The number of nitro benzene ring substituents is 1. The van der Waals surface area contributed by atoms with Gasteiger partial charge in [-0.05, 0) is 16.9 Å². The van der Waals surface area contributed by atoms with E-state index in [4.69, 9.17) is 0 Å². The normalized spacial score (nSPS) is 13.4. The number of fused-ring (bicyclic) bond motifs is 1. The minimum absolute atomic E-state index is 0. The largest absolute Gasteiger partial charge is 2.00 e. The first-order valence-corrected chi connectivity index (χ1v) is 6.77. The van der Waals surface area contributed by atoms with E-state index in [2.05, 4.69) is 10.6 Å². The fraction of sp³-hybridized carbons (Fsp3) is 0. The Morgan fingerprint density at radius 1 is 1.13 bits per heavy atom. The van der Waals surface area contributed by atoms with Crippen molar-refractivity contribution >= 4 is 17.1 Å². The van der Waals surface area contributed by atoms with E-state index in [0.29, 0.717) is 5.69 Å². The van der Waals surface area contributed by atoms with Crippen molar-refractivity contribution in [3.05, 3.63) is 99.7 Å². The molecule has 2 aromatic carbocycles. The van der Waals surface area contributed by atoms with Crippen molar-refractivity contribution < 1.29 is 22.0 Å². The van der Waals surface area contributed by atoms with Gasteiger partial charge in [0.2, 0.25) is 0 Å². The molecule has 4 rings (SSSR count). The Balaban J connectivity index is 0.000000276. The summed E-state index contributed by atoms with van der Waals surface area (Å²) in [6.45, 7) is 0. The van der Waals surface area contributed by atoms with Crippen molar-refractivity contribution in [1.82, 2.24) is 0 Å². The van der Waals surface area contributed by atoms with Gasteiger partial charge in [-0.25, -0.2) is 12.1 Å². The van der Waals surface area contributed by atoms with E-state index in [1.165, 1.54) is 12.1 Å². The third-order valence-corrected chi connectivity index (χ3v) is 3.17. The van der Waals surface area contributed by atoms with Crippen molar-refractivity contribution in [2.75, 3.05) is 5.32 Å². The van der Waals surface area contributed by atoms with Crippen LogP contribution < -0.4 is 5.32 Å². The molecule has 116 valence electrons. The van der Waals surface area contributed by atoms with Crippen LogP contribution in [-0.2, 0) is 17.1 Å². The first kappa shape index (κ1) is 16.7. The predicted molar refractivity (Wildman–Crippen MR) is 87.1 cm³/mol. The average molecular weight is 347 g/mol. The molecule has 5 nitrogen and oxygen atoms in total. The molecule has 6 heteroatoms. The average Bonchev–Trinajstić information content (AvgIpc) is 3.26. The fourth-order valence-corrected chi connectivity index (χ4v) is 2.10. The van der Waals surface area contributed by atoms with Crippen molar-refractivity contribution in [2.24, 2.45) is 0 Å². The molecule has 0 saturated carbocycles. The monoisotopic (exact) mass is 347 g/mol. The van der Waals surface area contributed by atoms with Crippen LogP contribution in [0, 0.1) is 10.1 Å². The van der Waals surface area contributed by atoms with E-state index >= 15 is 0 Å². The van der Waals surface area contributed by atoms with Crippen LogP contribution in [0.4, 0.5) is 17.1 Å². The van der Waals surface area contributed by atoms with E-state index < -0.39 is 4.92 Å². The van der Waals surface area contributed by atoms with Gasteiger partial charge in [0.05, 0.1) is 4.92 Å². The minimum atomic E-state index is -0.414. The molecule has 0 unspecified atom stereocenters. The van der Waals surface area contributed by atoms with E-state index in [-0.39, 0.29) is 22.8 Å². The van der Waals surface area contributed by atoms with Gasteiger partial charge in [-0.2, -0.15) is 18.2 Å². The Labute approximate surface area is 144 Å². The second kappa shape index (κ2) is 7.54. The van der Waals surface area contributed by atoms with Crippen molar-refractivity contribution in [3.8, 4) is 0 Å². The van der Waals surface area contributed by atoms with E-state index in [1.807, 2.05) is 54.6 Å². The number of non-ortho nitro benzene ring substituents is 1. The van der Waals surface area contributed by atoms with Crippen LogP contribution in [-0.4, -0.2) is 4.92 Å². The number of nitrogens with zero attached hydrogens (tertiary/aromatic N) is 2. The van der Waals surface area contributed by atoms with Gasteiger partial charge >= 0.3 is 17.1 Å². The number of nitrogens with one attached hydrogen (secondary N) is 1. The van der Waals surface area contributed by atoms with Crippen LogP contribution in [0.2, 0.25) is 0 Å². The molecule has 2 aliphatic rings. The summed E-state index contributed by atoms with van der Waals surface area (Å²) in [6.07, 6.45) is 7.72. The molecular weight excluding hydrogens is 334 g/mol. The standard InChI is InChI=1S/C12H8N3O2.C5H5.Fe/c16-15(17)9-5-6-10-11(7-9)14-12(13-10)8-3-1-2-4-8;1-2-4-5-3-1;/h1-7,14H;1-5H;/q2*-1;+2. The number of allylic oxidation sites excluding steroid dienone is 5. The van der Waals surface area contributed by atoms with Crippen LogP contribution in [0.3, 0.4) is 0 Å². The molecule has 1 N–H and O–H groups in total. The van der Waals surface area contributed by atoms with Gasteiger partial charge in [-0.3, -0.25) is 10.1 Å². The third kappa shape index (κ3) is 3.94. The molecule has 1 aliphatic carbocycles. The van der Waals surface area contributed by atoms with Gasteiger partial charge in [0.15, 0.2) is 0 Å². The van der Waals surface area contributed by atoms with Crippen LogP contribution in [0.15, 0.2) is 84.2 Å². The maximum Gasteiger partial charge on any atom is 2.00 e.